The Balaban J connectivity index is 2.84. The van der Waals surface area contributed by atoms with Gasteiger partial charge in [0.2, 0.25) is 0 Å². The van der Waals surface area contributed by atoms with Gasteiger partial charge < -0.3 is 14.9 Å². The lowest BCUT2D eigenvalue weighted by Crippen LogP contribution is -2.09. The van der Waals surface area contributed by atoms with Gasteiger partial charge in [-0.25, -0.2) is 4.79 Å². The Labute approximate surface area is 108 Å². The van der Waals surface area contributed by atoms with Crippen LogP contribution in [0.3, 0.4) is 0 Å². The van der Waals surface area contributed by atoms with E-state index >= 15 is 0 Å². The van der Waals surface area contributed by atoms with Crippen molar-refractivity contribution in [1.29, 1.82) is 0 Å². The fourth-order valence-electron chi connectivity index (χ4n) is 0.771. The van der Waals surface area contributed by atoms with E-state index < -0.39 is 5.97 Å². The molecule has 0 spiro atoms. The molecule has 14 heavy (non-hydrogen) atoms. The normalized spacial score (nSPS) is 9.86. The molecule has 0 aliphatic carbocycles. The average Bonchev–Trinajstić information content (AvgIpc) is 2.10. The fourth-order valence-corrected chi connectivity index (χ4v) is 2.48. The van der Waals surface area contributed by atoms with E-state index in [1.54, 1.807) is 12.1 Å². The van der Waals surface area contributed by atoms with E-state index in [0.717, 1.165) is 0 Å². The van der Waals surface area contributed by atoms with Gasteiger partial charge in [-0.05, 0) is 57.3 Å². The fraction of sp³-hybridized carbons (Fsp3) is 0.125. The molecule has 0 bridgehead atoms. The maximum Gasteiger partial charge on any atom is 0.341 e. The largest absolute Gasteiger partial charge is 0.506 e. The molecule has 0 unspecified atom stereocenters. The van der Waals surface area contributed by atoms with E-state index in [1.165, 1.54) is 0 Å². The van der Waals surface area contributed by atoms with E-state index in [1.807, 2.05) is 45.2 Å². The number of halogens is 2. The number of phenols is 1. The number of benzene rings is 1. The van der Waals surface area contributed by atoms with Gasteiger partial charge in [0.25, 0.3) is 0 Å². The van der Waals surface area contributed by atoms with Crippen LogP contribution in [0.5, 0.6) is 11.5 Å². The number of carbonyl (C=O) groups is 1. The van der Waals surface area contributed by atoms with Gasteiger partial charge in [-0.2, -0.15) is 0 Å². The van der Waals surface area contributed by atoms with Crippen LogP contribution in [-0.4, -0.2) is 22.8 Å². The van der Waals surface area contributed by atoms with Crippen molar-refractivity contribution in [2.75, 3.05) is 6.61 Å². The van der Waals surface area contributed by atoms with Crippen LogP contribution in [0.1, 0.15) is 0 Å². The van der Waals surface area contributed by atoms with Crippen LogP contribution in [0.25, 0.3) is 0 Å². The van der Waals surface area contributed by atoms with E-state index in [-0.39, 0.29) is 12.4 Å². The number of carboxylic acid groups (broad SMARTS) is 1. The molecule has 4 nitrogen and oxygen atoms in total. The van der Waals surface area contributed by atoms with Crippen molar-refractivity contribution in [3.05, 3.63) is 19.3 Å². The van der Waals surface area contributed by atoms with Crippen molar-refractivity contribution in [1.82, 2.24) is 0 Å². The van der Waals surface area contributed by atoms with Gasteiger partial charge in [0.15, 0.2) is 6.61 Å². The highest BCUT2D eigenvalue weighted by molar-refractivity contribution is 14.1. The van der Waals surface area contributed by atoms with Crippen molar-refractivity contribution >= 4 is 51.2 Å². The van der Waals surface area contributed by atoms with Gasteiger partial charge in [-0.15, -0.1) is 0 Å². The van der Waals surface area contributed by atoms with Crippen molar-refractivity contribution in [2.24, 2.45) is 0 Å². The van der Waals surface area contributed by atoms with Crippen molar-refractivity contribution in [2.45, 2.75) is 0 Å². The minimum atomic E-state index is -1.02. The molecular weight excluding hydrogens is 414 g/mol. The Kier molecular flexibility index (Phi) is 4.23. The Morgan fingerprint density at radius 1 is 1.36 bits per heavy atom. The first-order valence-corrected chi connectivity index (χ1v) is 5.69. The number of ether oxygens (including phenoxy) is 1. The van der Waals surface area contributed by atoms with Gasteiger partial charge in [0, 0.05) is 0 Å². The summed E-state index contributed by atoms with van der Waals surface area (Å²) < 4.78 is 6.23. The number of hydrogen-bond donors (Lipinski definition) is 2. The minimum absolute atomic E-state index is 0.189. The predicted octanol–water partition coefficient (Wildman–Crippen LogP) is 2.06. The molecule has 0 heterocycles. The van der Waals surface area contributed by atoms with Crippen LogP contribution >= 0.6 is 45.2 Å². The maximum atomic E-state index is 10.2. The van der Waals surface area contributed by atoms with Crippen LogP contribution in [0.4, 0.5) is 0 Å². The number of hydrogen-bond acceptors (Lipinski definition) is 3. The summed E-state index contributed by atoms with van der Waals surface area (Å²) >= 11 is 3.90. The zero-order valence-corrected chi connectivity index (χ0v) is 11.1. The number of aliphatic carboxylic acids is 1. The summed E-state index contributed by atoms with van der Waals surface area (Å²) in [6, 6.07) is 3.17. The molecule has 0 fully saturated rings. The number of phenolic OH excluding ortho intramolecular Hbond substituents is 1. The lowest BCUT2D eigenvalue weighted by molar-refractivity contribution is -0.139. The SMILES string of the molecule is O=C(O)COc1cc(I)c(O)c(I)c1. The highest BCUT2D eigenvalue weighted by Crippen LogP contribution is 2.30. The molecule has 2 N–H and O–H groups in total. The van der Waals surface area contributed by atoms with Gasteiger partial charge in [-0.3, -0.25) is 0 Å². The summed E-state index contributed by atoms with van der Waals surface area (Å²) in [6.07, 6.45) is 0. The molecule has 0 aliphatic rings. The average molecular weight is 420 g/mol. The minimum Gasteiger partial charge on any atom is -0.506 e. The summed E-state index contributed by atoms with van der Waals surface area (Å²) in [4.78, 5) is 10.2. The summed E-state index contributed by atoms with van der Waals surface area (Å²) in [6.45, 7) is -0.378. The summed E-state index contributed by atoms with van der Waals surface area (Å²) in [5.41, 5.74) is 0. The van der Waals surface area contributed by atoms with Crippen molar-refractivity contribution < 1.29 is 19.7 Å². The standard InChI is InChI=1S/C8H6I2O4/c9-5-1-4(14-3-7(11)12)2-6(10)8(5)13/h1-2,13H,3H2,(H,11,12). The summed E-state index contributed by atoms with van der Waals surface area (Å²) in [7, 11) is 0. The van der Waals surface area contributed by atoms with E-state index in [4.69, 9.17) is 9.84 Å². The lowest BCUT2D eigenvalue weighted by Gasteiger charge is -2.06. The molecule has 0 atom stereocenters. The molecule has 0 saturated carbocycles. The second-order valence-corrected chi connectivity index (χ2v) is 4.74. The molecule has 0 amide bonds. The van der Waals surface area contributed by atoms with Gasteiger partial charge in [0.05, 0.1) is 7.14 Å². The highest BCUT2D eigenvalue weighted by Gasteiger charge is 2.07. The Hall–Kier alpha value is -0.250. The number of carboxylic acids is 1. The van der Waals surface area contributed by atoms with Crippen LogP contribution in [0.2, 0.25) is 0 Å². The third-order valence-corrected chi connectivity index (χ3v) is 3.00. The Morgan fingerprint density at radius 3 is 2.29 bits per heavy atom. The third kappa shape index (κ3) is 3.15. The van der Waals surface area contributed by atoms with Crippen molar-refractivity contribution in [3.63, 3.8) is 0 Å². The van der Waals surface area contributed by atoms with Crippen LogP contribution in [0, 0.1) is 7.14 Å². The van der Waals surface area contributed by atoms with E-state index in [9.17, 15) is 9.90 Å². The third-order valence-electron chi connectivity index (χ3n) is 1.35. The molecule has 1 aromatic rings. The Bertz CT molecular complexity index is 341. The second kappa shape index (κ2) is 5.01. The van der Waals surface area contributed by atoms with Crippen LogP contribution < -0.4 is 4.74 Å². The van der Waals surface area contributed by atoms with Crippen molar-refractivity contribution in [3.8, 4) is 11.5 Å². The molecular formula is C8H6I2O4. The van der Waals surface area contributed by atoms with Crippen LogP contribution in [0.15, 0.2) is 12.1 Å². The molecule has 76 valence electrons. The summed E-state index contributed by atoms with van der Waals surface area (Å²) in [5, 5.41) is 17.8. The molecule has 0 aromatic heterocycles. The van der Waals surface area contributed by atoms with Gasteiger partial charge in [-0.1, -0.05) is 0 Å². The quantitative estimate of drug-likeness (QED) is 0.736. The second-order valence-electron chi connectivity index (χ2n) is 2.42. The zero-order chi connectivity index (χ0) is 10.7. The number of aromatic hydroxyl groups is 1. The smallest absolute Gasteiger partial charge is 0.341 e. The molecule has 1 aromatic carbocycles. The van der Waals surface area contributed by atoms with E-state index in [0.29, 0.717) is 12.9 Å². The predicted molar refractivity (Wildman–Crippen MR) is 66.7 cm³/mol. The maximum absolute atomic E-state index is 10.2. The molecule has 6 heteroatoms. The monoisotopic (exact) mass is 420 g/mol. The van der Waals surface area contributed by atoms with E-state index in [2.05, 4.69) is 0 Å². The molecule has 0 radical (unpaired) electrons. The topological polar surface area (TPSA) is 66.8 Å². The molecule has 0 aliphatic heterocycles. The summed E-state index contributed by atoms with van der Waals surface area (Å²) in [5.74, 6) is -0.393. The highest BCUT2D eigenvalue weighted by atomic mass is 127. The first kappa shape index (κ1) is 11.8. The lowest BCUT2D eigenvalue weighted by atomic mass is 10.3. The zero-order valence-electron chi connectivity index (χ0n) is 6.83. The van der Waals surface area contributed by atoms with Gasteiger partial charge >= 0.3 is 5.97 Å². The van der Waals surface area contributed by atoms with Gasteiger partial charge in [0.1, 0.15) is 11.5 Å². The number of rotatable bonds is 3. The molecule has 1 rings (SSSR count). The molecule has 0 saturated heterocycles. The first-order valence-electron chi connectivity index (χ1n) is 3.53. The first-order chi connectivity index (χ1) is 6.50. The Morgan fingerprint density at radius 2 is 1.86 bits per heavy atom. The van der Waals surface area contributed by atoms with Crippen LogP contribution in [-0.2, 0) is 4.79 Å².